The number of para-hydroxylation sites is 2. The van der Waals surface area contributed by atoms with E-state index in [1.807, 2.05) is 43.3 Å². The second-order valence-corrected chi connectivity index (χ2v) is 5.11. The minimum absolute atomic E-state index is 0.995. The van der Waals surface area contributed by atoms with Gasteiger partial charge in [-0.25, -0.2) is 4.98 Å². The van der Waals surface area contributed by atoms with Gasteiger partial charge >= 0.3 is 0 Å². The lowest BCUT2D eigenvalue weighted by atomic mass is 10.2. The van der Waals surface area contributed by atoms with Gasteiger partial charge in [-0.1, -0.05) is 36.4 Å². The summed E-state index contributed by atoms with van der Waals surface area (Å²) in [5.74, 6) is 0. The van der Waals surface area contributed by atoms with Gasteiger partial charge < -0.3 is 0 Å². The molecule has 0 atom stereocenters. The Morgan fingerprint density at radius 1 is 0.842 bits per heavy atom. The van der Waals surface area contributed by atoms with E-state index in [9.17, 15) is 0 Å². The molecular weight excluding hydrogens is 252 g/mol. The van der Waals surface area contributed by atoms with E-state index in [2.05, 4.69) is 39.5 Å². The molecule has 3 aromatic rings. The van der Waals surface area contributed by atoms with Crippen LogP contribution in [0.5, 0.6) is 0 Å². The highest BCUT2D eigenvalue weighted by molar-refractivity contribution is 7.13. The molecule has 1 aromatic heterocycles. The smallest absolute Gasteiger partial charge is 0.194 e. The van der Waals surface area contributed by atoms with Crippen molar-refractivity contribution in [2.45, 2.75) is 6.92 Å². The average Bonchev–Trinajstić information content (AvgIpc) is 2.88. The van der Waals surface area contributed by atoms with Crippen LogP contribution in [0.2, 0.25) is 0 Å². The van der Waals surface area contributed by atoms with E-state index in [0.717, 1.165) is 22.2 Å². The van der Waals surface area contributed by atoms with E-state index in [0.29, 0.717) is 0 Å². The third kappa shape index (κ3) is 2.51. The second kappa shape index (κ2) is 5.24. The maximum atomic E-state index is 4.61. The van der Waals surface area contributed by atoms with Crippen LogP contribution in [0, 0.1) is 6.92 Å². The van der Waals surface area contributed by atoms with E-state index < -0.39 is 0 Å². The van der Waals surface area contributed by atoms with Crippen molar-refractivity contribution in [1.82, 2.24) is 4.98 Å². The molecule has 0 N–H and O–H groups in total. The molecule has 0 bridgehead atoms. The van der Waals surface area contributed by atoms with E-state index in [-0.39, 0.29) is 0 Å². The summed E-state index contributed by atoms with van der Waals surface area (Å²) in [5.41, 5.74) is 3.31. The third-order valence-electron chi connectivity index (χ3n) is 2.83. The van der Waals surface area contributed by atoms with Gasteiger partial charge in [-0.3, -0.25) is 4.90 Å². The molecule has 0 aliphatic carbocycles. The van der Waals surface area contributed by atoms with Crippen LogP contribution in [0.1, 0.15) is 5.69 Å². The Kier molecular flexibility index (Phi) is 3.29. The first-order valence-corrected chi connectivity index (χ1v) is 7.05. The van der Waals surface area contributed by atoms with Crippen LogP contribution in [0.4, 0.5) is 16.5 Å². The summed E-state index contributed by atoms with van der Waals surface area (Å²) in [6.07, 6.45) is 0. The van der Waals surface area contributed by atoms with E-state index in [4.69, 9.17) is 0 Å². The van der Waals surface area contributed by atoms with E-state index >= 15 is 0 Å². The molecule has 3 rings (SSSR count). The number of hydrogen-bond donors (Lipinski definition) is 0. The van der Waals surface area contributed by atoms with Gasteiger partial charge in [0.1, 0.15) is 0 Å². The minimum atomic E-state index is 0.995. The lowest BCUT2D eigenvalue weighted by Gasteiger charge is -2.22. The lowest BCUT2D eigenvalue weighted by molar-refractivity contribution is 1.18. The third-order valence-corrected chi connectivity index (χ3v) is 3.77. The first-order valence-electron chi connectivity index (χ1n) is 6.17. The highest BCUT2D eigenvalue weighted by atomic mass is 32.1. The van der Waals surface area contributed by atoms with Gasteiger partial charge in [0.2, 0.25) is 0 Å². The summed E-state index contributed by atoms with van der Waals surface area (Å²) in [6.45, 7) is 2.02. The average molecular weight is 266 g/mol. The standard InChI is InChI=1S/C16H14N2S/c1-13-12-19-16(17-13)18(14-8-4-2-5-9-14)15-10-6-3-7-11-15/h2-12H,1H3. The lowest BCUT2D eigenvalue weighted by Crippen LogP contribution is -2.09. The molecule has 3 heteroatoms. The second-order valence-electron chi connectivity index (χ2n) is 4.28. The van der Waals surface area contributed by atoms with Gasteiger partial charge in [-0.15, -0.1) is 11.3 Å². The quantitative estimate of drug-likeness (QED) is 0.668. The summed E-state index contributed by atoms with van der Waals surface area (Å²) in [7, 11) is 0. The van der Waals surface area contributed by atoms with Crippen LogP contribution in [-0.4, -0.2) is 4.98 Å². The van der Waals surface area contributed by atoms with Crippen LogP contribution in [-0.2, 0) is 0 Å². The van der Waals surface area contributed by atoms with Gasteiger partial charge in [0.25, 0.3) is 0 Å². The summed E-state index contributed by atoms with van der Waals surface area (Å²) in [6, 6.07) is 20.6. The van der Waals surface area contributed by atoms with Crippen LogP contribution < -0.4 is 4.90 Å². The maximum Gasteiger partial charge on any atom is 0.194 e. The van der Waals surface area contributed by atoms with Crippen LogP contribution in [0.15, 0.2) is 66.0 Å². The summed E-state index contributed by atoms with van der Waals surface area (Å²) >= 11 is 1.66. The van der Waals surface area contributed by atoms with Gasteiger partial charge in [0.15, 0.2) is 5.13 Å². The molecule has 2 aromatic carbocycles. The van der Waals surface area contributed by atoms with Crippen LogP contribution >= 0.6 is 11.3 Å². The van der Waals surface area contributed by atoms with Crippen molar-refractivity contribution in [3.8, 4) is 0 Å². The number of thiazole rings is 1. The number of anilines is 3. The fourth-order valence-corrected chi connectivity index (χ4v) is 2.81. The number of aryl methyl sites for hydroxylation is 1. The van der Waals surface area contributed by atoms with Gasteiger partial charge in [-0.05, 0) is 31.2 Å². The normalized spacial score (nSPS) is 10.4. The molecule has 0 aliphatic rings. The predicted octanol–water partition coefficient (Wildman–Crippen LogP) is 4.92. The first kappa shape index (κ1) is 11.9. The molecular formula is C16H14N2S. The molecule has 1 heterocycles. The molecule has 0 radical (unpaired) electrons. The Morgan fingerprint density at radius 3 is 1.79 bits per heavy atom. The van der Waals surface area contributed by atoms with Crippen molar-refractivity contribution in [3.05, 3.63) is 71.7 Å². The van der Waals surface area contributed by atoms with Gasteiger partial charge in [0, 0.05) is 16.8 Å². The molecule has 0 fully saturated rings. The first-order chi connectivity index (χ1) is 9.34. The minimum Gasteiger partial charge on any atom is -0.286 e. The monoisotopic (exact) mass is 266 g/mol. The highest BCUT2D eigenvalue weighted by Gasteiger charge is 2.14. The molecule has 19 heavy (non-hydrogen) atoms. The maximum absolute atomic E-state index is 4.61. The van der Waals surface area contributed by atoms with E-state index in [1.165, 1.54) is 0 Å². The van der Waals surface area contributed by atoms with Crippen molar-refractivity contribution < 1.29 is 0 Å². The number of rotatable bonds is 3. The molecule has 0 spiro atoms. The summed E-state index contributed by atoms with van der Waals surface area (Å²) < 4.78 is 0. The number of hydrogen-bond acceptors (Lipinski definition) is 3. The Labute approximate surface area is 117 Å². The predicted molar refractivity (Wildman–Crippen MR) is 81.5 cm³/mol. The zero-order valence-electron chi connectivity index (χ0n) is 10.7. The topological polar surface area (TPSA) is 16.1 Å². The van der Waals surface area contributed by atoms with Crippen molar-refractivity contribution in [3.63, 3.8) is 0 Å². The van der Waals surface area contributed by atoms with Crippen molar-refractivity contribution in [1.29, 1.82) is 0 Å². The van der Waals surface area contributed by atoms with Crippen molar-refractivity contribution in [2.75, 3.05) is 4.90 Å². The molecule has 2 nitrogen and oxygen atoms in total. The zero-order valence-corrected chi connectivity index (χ0v) is 11.5. The highest BCUT2D eigenvalue weighted by Crippen LogP contribution is 2.35. The number of benzene rings is 2. The molecule has 0 saturated carbocycles. The Hall–Kier alpha value is -2.13. The van der Waals surface area contributed by atoms with E-state index in [1.54, 1.807) is 11.3 Å². The molecule has 0 aliphatic heterocycles. The summed E-state index contributed by atoms with van der Waals surface area (Å²) in [5, 5.41) is 3.07. The number of nitrogens with zero attached hydrogens (tertiary/aromatic N) is 2. The van der Waals surface area contributed by atoms with Crippen LogP contribution in [0.25, 0.3) is 0 Å². The van der Waals surface area contributed by atoms with Crippen LogP contribution in [0.3, 0.4) is 0 Å². The molecule has 0 amide bonds. The molecule has 0 unspecified atom stereocenters. The molecule has 0 saturated heterocycles. The zero-order chi connectivity index (χ0) is 13.1. The largest absolute Gasteiger partial charge is 0.286 e. The molecule has 94 valence electrons. The Balaban J connectivity index is 2.11. The van der Waals surface area contributed by atoms with Gasteiger partial charge in [-0.2, -0.15) is 0 Å². The number of aromatic nitrogens is 1. The van der Waals surface area contributed by atoms with Crippen molar-refractivity contribution in [2.24, 2.45) is 0 Å². The summed E-state index contributed by atoms with van der Waals surface area (Å²) in [4.78, 5) is 6.79. The fraction of sp³-hybridized carbons (Fsp3) is 0.0625. The Morgan fingerprint density at radius 2 is 1.37 bits per heavy atom. The van der Waals surface area contributed by atoms with Crippen molar-refractivity contribution >= 4 is 27.8 Å². The SMILES string of the molecule is Cc1csc(N(c2ccccc2)c2ccccc2)n1. The fourth-order valence-electron chi connectivity index (χ4n) is 1.97. The van der Waals surface area contributed by atoms with Gasteiger partial charge in [0.05, 0.1) is 5.69 Å². The Bertz CT molecular complexity index is 607.